The predicted octanol–water partition coefficient (Wildman–Crippen LogP) is 1.30. The second kappa shape index (κ2) is 5.71. The summed E-state index contributed by atoms with van der Waals surface area (Å²) in [6.07, 6.45) is 0. The van der Waals surface area contributed by atoms with Gasteiger partial charge >= 0.3 is 0 Å². The Bertz CT molecular complexity index is 572. The van der Waals surface area contributed by atoms with E-state index in [0.29, 0.717) is 29.6 Å². The van der Waals surface area contributed by atoms with Crippen LogP contribution < -0.4 is 5.32 Å². The van der Waals surface area contributed by atoms with Gasteiger partial charge in [0.25, 0.3) is 0 Å². The van der Waals surface area contributed by atoms with Crippen molar-refractivity contribution in [3.63, 3.8) is 0 Å². The molecule has 0 aromatic heterocycles. The number of rotatable bonds is 4. The van der Waals surface area contributed by atoms with Crippen LogP contribution in [0.4, 0.5) is 5.69 Å². The fourth-order valence-electron chi connectivity index (χ4n) is 2.81. The molecule has 112 valence electrons. The molecule has 2 unspecified atom stereocenters. The molecule has 5 nitrogen and oxygen atoms in total. The summed E-state index contributed by atoms with van der Waals surface area (Å²) in [5.41, 5.74) is 0.647. The number of benzene rings is 1. The fraction of sp³-hybridized carbons (Fsp3) is 0.571. The molecule has 1 saturated heterocycles. The standard InChI is InChI=1S/C14H23N3O2S/c1-11-9-17(10-13(11)16(3)4)20(18,19)14-8-6-5-7-12(14)15-2/h5-8,11,13,15H,9-10H2,1-4H3. The zero-order chi connectivity index (χ0) is 14.9. The molecule has 0 spiro atoms. The lowest BCUT2D eigenvalue weighted by Crippen LogP contribution is -2.35. The van der Waals surface area contributed by atoms with Crippen LogP contribution in [0.25, 0.3) is 0 Å². The molecule has 2 atom stereocenters. The number of hydrogen-bond acceptors (Lipinski definition) is 4. The summed E-state index contributed by atoms with van der Waals surface area (Å²) in [6.45, 7) is 3.22. The Morgan fingerprint density at radius 2 is 1.90 bits per heavy atom. The zero-order valence-corrected chi connectivity index (χ0v) is 13.3. The molecule has 0 bridgehead atoms. The molecule has 1 fully saturated rings. The number of likely N-dealkylation sites (N-methyl/N-ethyl adjacent to an activating group) is 1. The van der Waals surface area contributed by atoms with Crippen LogP contribution in [0.15, 0.2) is 29.2 Å². The molecule has 1 heterocycles. The average molecular weight is 297 g/mol. The van der Waals surface area contributed by atoms with Crippen molar-refractivity contribution in [1.29, 1.82) is 0 Å². The molecule has 1 aromatic rings. The molecule has 20 heavy (non-hydrogen) atoms. The zero-order valence-electron chi connectivity index (χ0n) is 12.5. The molecular weight excluding hydrogens is 274 g/mol. The summed E-state index contributed by atoms with van der Waals surface area (Å²) in [5, 5.41) is 2.95. The van der Waals surface area contributed by atoms with Crippen LogP contribution in [-0.2, 0) is 10.0 Å². The van der Waals surface area contributed by atoms with Crippen LogP contribution in [0.5, 0.6) is 0 Å². The third kappa shape index (κ3) is 2.68. The van der Waals surface area contributed by atoms with Crippen molar-refractivity contribution >= 4 is 15.7 Å². The first kappa shape index (κ1) is 15.3. The third-order valence-corrected chi connectivity index (χ3v) is 5.87. The average Bonchev–Trinajstić information content (AvgIpc) is 2.81. The summed E-state index contributed by atoms with van der Waals surface area (Å²) < 4.78 is 27.2. The normalized spacial score (nSPS) is 24.2. The van der Waals surface area contributed by atoms with Crippen molar-refractivity contribution in [3.8, 4) is 0 Å². The minimum atomic E-state index is -3.44. The van der Waals surface area contributed by atoms with E-state index in [1.165, 1.54) is 0 Å². The van der Waals surface area contributed by atoms with E-state index in [0.717, 1.165) is 0 Å². The van der Waals surface area contributed by atoms with Crippen molar-refractivity contribution in [1.82, 2.24) is 9.21 Å². The highest BCUT2D eigenvalue weighted by Gasteiger charge is 2.38. The summed E-state index contributed by atoms with van der Waals surface area (Å²) in [7, 11) is 2.30. The van der Waals surface area contributed by atoms with Gasteiger partial charge < -0.3 is 10.2 Å². The Balaban J connectivity index is 2.33. The number of hydrogen-bond donors (Lipinski definition) is 1. The quantitative estimate of drug-likeness (QED) is 0.910. The smallest absolute Gasteiger partial charge is 0.245 e. The van der Waals surface area contributed by atoms with Crippen LogP contribution in [0, 0.1) is 5.92 Å². The van der Waals surface area contributed by atoms with Crippen LogP contribution >= 0.6 is 0 Å². The van der Waals surface area contributed by atoms with E-state index in [9.17, 15) is 8.42 Å². The van der Waals surface area contributed by atoms with E-state index < -0.39 is 10.0 Å². The van der Waals surface area contributed by atoms with Gasteiger partial charge in [-0.1, -0.05) is 19.1 Å². The molecule has 6 heteroatoms. The van der Waals surface area contributed by atoms with Gasteiger partial charge in [-0.25, -0.2) is 8.42 Å². The van der Waals surface area contributed by atoms with Gasteiger partial charge in [0.1, 0.15) is 4.90 Å². The molecule has 1 aliphatic heterocycles. The lowest BCUT2D eigenvalue weighted by molar-refractivity contribution is 0.263. The van der Waals surface area contributed by atoms with E-state index >= 15 is 0 Å². The predicted molar refractivity (Wildman–Crippen MR) is 81.4 cm³/mol. The first-order valence-corrected chi connectivity index (χ1v) is 8.25. The number of sulfonamides is 1. The van der Waals surface area contributed by atoms with Gasteiger partial charge in [-0.05, 0) is 32.1 Å². The van der Waals surface area contributed by atoms with E-state index in [1.54, 1.807) is 29.6 Å². The first-order valence-electron chi connectivity index (χ1n) is 6.81. The maximum absolute atomic E-state index is 12.8. The SMILES string of the molecule is CNc1ccccc1S(=O)(=O)N1CC(C)C(N(C)C)C1. The third-order valence-electron chi connectivity index (χ3n) is 3.98. The molecule has 2 rings (SSSR count). The van der Waals surface area contributed by atoms with Gasteiger partial charge in [-0.15, -0.1) is 0 Å². The largest absolute Gasteiger partial charge is 0.387 e. The Morgan fingerprint density at radius 3 is 2.45 bits per heavy atom. The highest BCUT2D eigenvalue weighted by Crippen LogP contribution is 2.29. The van der Waals surface area contributed by atoms with Gasteiger partial charge in [0.15, 0.2) is 0 Å². The van der Waals surface area contributed by atoms with Crippen LogP contribution in [0.1, 0.15) is 6.92 Å². The molecule has 1 aliphatic rings. The van der Waals surface area contributed by atoms with Crippen molar-refractivity contribution < 1.29 is 8.42 Å². The number of anilines is 1. The molecule has 0 radical (unpaired) electrons. The second-order valence-electron chi connectivity index (χ2n) is 5.58. The highest BCUT2D eigenvalue weighted by molar-refractivity contribution is 7.89. The van der Waals surface area contributed by atoms with Crippen LogP contribution in [-0.4, -0.2) is 57.9 Å². The topological polar surface area (TPSA) is 52.7 Å². The van der Waals surface area contributed by atoms with Gasteiger partial charge in [0.05, 0.1) is 5.69 Å². The van der Waals surface area contributed by atoms with Crippen molar-refractivity contribution in [3.05, 3.63) is 24.3 Å². The number of para-hydroxylation sites is 1. The van der Waals surface area contributed by atoms with Gasteiger partial charge in [0, 0.05) is 26.2 Å². The maximum Gasteiger partial charge on any atom is 0.245 e. The molecule has 0 amide bonds. The van der Waals surface area contributed by atoms with Crippen molar-refractivity contribution in [2.45, 2.75) is 17.9 Å². The van der Waals surface area contributed by atoms with Crippen molar-refractivity contribution in [2.24, 2.45) is 5.92 Å². The van der Waals surface area contributed by atoms with E-state index in [4.69, 9.17) is 0 Å². The number of nitrogens with one attached hydrogen (secondary N) is 1. The highest BCUT2D eigenvalue weighted by atomic mass is 32.2. The molecule has 0 saturated carbocycles. The minimum Gasteiger partial charge on any atom is -0.387 e. The minimum absolute atomic E-state index is 0.270. The van der Waals surface area contributed by atoms with Gasteiger partial charge in [0.2, 0.25) is 10.0 Å². The molecule has 1 aromatic carbocycles. The van der Waals surface area contributed by atoms with Crippen molar-refractivity contribution in [2.75, 3.05) is 39.5 Å². The first-order chi connectivity index (χ1) is 9.37. The number of nitrogens with zero attached hydrogens (tertiary/aromatic N) is 2. The Hall–Kier alpha value is -1.11. The summed E-state index contributed by atoms with van der Waals surface area (Å²) in [6, 6.07) is 7.31. The van der Waals surface area contributed by atoms with Crippen LogP contribution in [0.3, 0.4) is 0 Å². The molecule has 0 aliphatic carbocycles. The van der Waals surface area contributed by atoms with E-state index in [1.807, 2.05) is 20.2 Å². The van der Waals surface area contributed by atoms with E-state index in [2.05, 4.69) is 17.1 Å². The Morgan fingerprint density at radius 1 is 1.25 bits per heavy atom. The molecule has 1 N–H and O–H groups in total. The lowest BCUT2D eigenvalue weighted by Gasteiger charge is -2.22. The fourth-order valence-corrected chi connectivity index (χ4v) is 4.57. The monoisotopic (exact) mass is 297 g/mol. The van der Waals surface area contributed by atoms with Crippen LogP contribution in [0.2, 0.25) is 0 Å². The van der Waals surface area contributed by atoms with Gasteiger partial charge in [-0.2, -0.15) is 4.31 Å². The Kier molecular flexibility index (Phi) is 4.36. The summed E-state index contributed by atoms with van der Waals surface area (Å²) in [4.78, 5) is 2.46. The van der Waals surface area contributed by atoms with E-state index in [-0.39, 0.29) is 6.04 Å². The Labute approximate surface area is 121 Å². The van der Waals surface area contributed by atoms with Gasteiger partial charge in [-0.3, -0.25) is 0 Å². The summed E-state index contributed by atoms with van der Waals surface area (Å²) >= 11 is 0. The molecular formula is C14H23N3O2S. The second-order valence-corrected chi connectivity index (χ2v) is 7.48. The summed E-state index contributed by atoms with van der Waals surface area (Å²) in [5.74, 6) is 0.335. The lowest BCUT2D eigenvalue weighted by atomic mass is 10.1. The maximum atomic E-state index is 12.8.